The lowest BCUT2D eigenvalue weighted by molar-refractivity contribution is -0.140. The van der Waals surface area contributed by atoms with Crippen molar-refractivity contribution in [2.24, 2.45) is 0 Å². The zero-order valence-electron chi connectivity index (χ0n) is 17.0. The van der Waals surface area contributed by atoms with Gasteiger partial charge in [0.2, 0.25) is 11.8 Å². The fourth-order valence-electron chi connectivity index (χ4n) is 3.54. The van der Waals surface area contributed by atoms with Gasteiger partial charge in [0.15, 0.2) is 0 Å². The summed E-state index contributed by atoms with van der Waals surface area (Å²) in [5.41, 5.74) is 5.44. The average molecular weight is 367 g/mol. The minimum atomic E-state index is -0.478. The first kappa shape index (κ1) is 20.7. The van der Waals surface area contributed by atoms with E-state index < -0.39 is 6.04 Å². The van der Waals surface area contributed by atoms with E-state index in [9.17, 15) is 9.59 Å². The van der Waals surface area contributed by atoms with Crippen LogP contribution in [0.3, 0.4) is 0 Å². The van der Waals surface area contributed by atoms with Gasteiger partial charge in [0, 0.05) is 13.6 Å². The van der Waals surface area contributed by atoms with Crippen molar-refractivity contribution in [2.75, 3.05) is 7.05 Å². The van der Waals surface area contributed by atoms with Crippen LogP contribution in [0.5, 0.6) is 0 Å². The largest absolute Gasteiger partial charge is 0.357 e. The molecule has 2 aromatic rings. The standard InChI is InChI=1S/C23H30N2O2/c1-6-21(23(27)24-5)25(15-19-9-7-8-16(2)11-19)22(26)14-20-12-17(3)10-18(4)13-20/h7-13,21H,6,14-15H2,1-5H3,(H,24,27)/t21-/m0/s1. The van der Waals surface area contributed by atoms with E-state index in [1.54, 1.807) is 11.9 Å². The van der Waals surface area contributed by atoms with Crippen molar-refractivity contribution >= 4 is 11.8 Å². The fraction of sp³-hybridized carbons (Fsp3) is 0.391. The van der Waals surface area contributed by atoms with Gasteiger partial charge in [-0.3, -0.25) is 9.59 Å². The molecule has 0 aliphatic heterocycles. The molecule has 0 aliphatic rings. The minimum absolute atomic E-state index is 0.0306. The predicted molar refractivity (Wildman–Crippen MR) is 109 cm³/mol. The lowest BCUT2D eigenvalue weighted by Crippen LogP contribution is -2.48. The normalized spacial score (nSPS) is 11.7. The summed E-state index contributed by atoms with van der Waals surface area (Å²) in [4.78, 5) is 27.3. The Morgan fingerprint density at radius 1 is 0.963 bits per heavy atom. The summed E-state index contributed by atoms with van der Waals surface area (Å²) < 4.78 is 0. The Balaban J connectivity index is 2.31. The van der Waals surface area contributed by atoms with E-state index in [4.69, 9.17) is 0 Å². The number of amides is 2. The quantitative estimate of drug-likeness (QED) is 0.812. The first-order chi connectivity index (χ1) is 12.8. The molecule has 0 saturated carbocycles. The van der Waals surface area contributed by atoms with Gasteiger partial charge in [-0.15, -0.1) is 0 Å². The molecule has 0 heterocycles. The molecule has 4 nitrogen and oxygen atoms in total. The topological polar surface area (TPSA) is 49.4 Å². The van der Waals surface area contributed by atoms with Crippen LogP contribution in [0, 0.1) is 20.8 Å². The lowest BCUT2D eigenvalue weighted by atomic mass is 10.0. The molecule has 2 aromatic carbocycles. The van der Waals surface area contributed by atoms with Crippen molar-refractivity contribution in [3.05, 3.63) is 70.3 Å². The molecule has 4 heteroatoms. The summed E-state index contributed by atoms with van der Waals surface area (Å²) in [5.74, 6) is -0.157. The smallest absolute Gasteiger partial charge is 0.242 e. The fourth-order valence-corrected chi connectivity index (χ4v) is 3.54. The van der Waals surface area contributed by atoms with Crippen LogP contribution in [0.2, 0.25) is 0 Å². The van der Waals surface area contributed by atoms with Crippen molar-refractivity contribution in [1.82, 2.24) is 10.2 Å². The van der Waals surface area contributed by atoms with Gasteiger partial charge in [0.05, 0.1) is 6.42 Å². The van der Waals surface area contributed by atoms with Crippen LogP contribution in [0.25, 0.3) is 0 Å². The van der Waals surface area contributed by atoms with Gasteiger partial charge in [-0.05, 0) is 38.3 Å². The van der Waals surface area contributed by atoms with Crippen LogP contribution in [-0.4, -0.2) is 29.8 Å². The Hall–Kier alpha value is -2.62. The Labute approximate surface area is 162 Å². The summed E-state index contributed by atoms with van der Waals surface area (Å²) >= 11 is 0. The lowest BCUT2D eigenvalue weighted by Gasteiger charge is -2.30. The second-order valence-corrected chi connectivity index (χ2v) is 7.22. The molecular formula is C23H30N2O2. The number of nitrogens with zero attached hydrogens (tertiary/aromatic N) is 1. The van der Waals surface area contributed by atoms with E-state index in [2.05, 4.69) is 17.4 Å². The molecule has 1 atom stereocenters. The van der Waals surface area contributed by atoms with Gasteiger partial charge < -0.3 is 10.2 Å². The molecule has 0 fully saturated rings. The first-order valence-corrected chi connectivity index (χ1v) is 9.47. The maximum Gasteiger partial charge on any atom is 0.242 e. The molecule has 0 radical (unpaired) electrons. The number of carbonyl (C=O) groups is 2. The maximum atomic E-state index is 13.2. The van der Waals surface area contributed by atoms with E-state index >= 15 is 0 Å². The van der Waals surface area contributed by atoms with Crippen molar-refractivity contribution in [3.8, 4) is 0 Å². The first-order valence-electron chi connectivity index (χ1n) is 9.47. The second-order valence-electron chi connectivity index (χ2n) is 7.22. The Bertz CT molecular complexity index is 794. The van der Waals surface area contributed by atoms with E-state index in [1.807, 2.05) is 58.0 Å². The van der Waals surface area contributed by atoms with Gasteiger partial charge in [-0.1, -0.05) is 66.1 Å². The number of hydrogen-bond donors (Lipinski definition) is 1. The highest BCUT2D eigenvalue weighted by Crippen LogP contribution is 2.17. The molecule has 0 bridgehead atoms. The van der Waals surface area contributed by atoms with Crippen LogP contribution in [0.15, 0.2) is 42.5 Å². The number of nitrogens with one attached hydrogen (secondary N) is 1. The molecule has 27 heavy (non-hydrogen) atoms. The zero-order valence-corrected chi connectivity index (χ0v) is 17.0. The summed E-state index contributed by atoms with van der Waals surface area (Å²) in [6.07, 6.45) is 0.867. The second kappa shape index (κ2) is 9.36. The summed E-state index contributed by atoms with van der Waals surface area (Å²) in [6.45, 7) is 8.46. The van der Waals surface area contributed by atoms with Gasteiger partial charge >= 0.3 is 0 Å². The Morgan fingerprint density at radius 3 is 2.15 bits per heavy atom. The maximum absolute atomic E-state index is 13.2. The van der Waals surface area contributed by atoms with Crippen LogP contribution in [-0.2, 0) is 22.6 Å². The summed E-state index contributed by atoms with van der Waals surface area (Å²) in [6, 6.07) is 13.8. The molecule has 2 rings (SSSR count). The van der Waals surface area contributed by atoms with Gasteiger partial charge in [-0.25, -0.2) is 0 Å². The molecule has 0 saturated heterocycles. The van der Waals surface area contributed by atoms with Crippen LogP contribution in [0.4, 0.5) is 0 Å². The van der Waals surface area contributed by atoms with Gasteiger partial charge in [0.25, 0.3) is 0 Å². The monoisotopic (exact) mass is 366 g/mol. The molecule has 0 spiro atoms. The Kier molecular flexibility index (Phi) is 7.17. The van der Waals surface area contributed by atoms with Crippen LogP contribution >= 0.6 is 0 Å². The number of carbonyl (C=O) groups excluding carboxylic acids is 2. The SMILES string of the molecule is CC[C@@H](C(=O)NC)N(Cc1cccc(C)c1)C(=O)Cc1cc(C)cc(C)c1. The van der Waals surface area contributed by atoms with Crippen LogP contribution < -0.4 is 5.32 Å². The molecule has 144 valence electrons. The van der Waals surface area contributed by atoms with Crippen molar-refractivity contribution < 1.29 is 9.59 Å². The van der Waals surface area contributed by atoms with Crippen molar-refractivity contribution in [2.45, 2.75) is 53.1 Å². The molecule has 0 aromatic heterocycles. The number of benzene rings is 2. The van der Waals surface area contributed by atoms with Crippen molar-refractivity contribution in [3.63, 3.8) is 0 Å². The highest BCUT2D eigenvalue weighted by atomic mass is 16.2. The van der Waals surface area contributed by atoms with Gasteiger partial charge in [-0.2, -0.15) is 0 Å². The van der Waals surface area contributed by atoms with Gasteiger partial charge in [0.1, 0.15) is 6.04 Å². The molecular weight excluding hydrogens is 336 g/mol. The molecule has 0 unspecified atom stereocenters. The molecule has 2 amide bonds. The van der Waals surface area contributed by atoms with Crippen molar-refractivity contribution in [1.29, 1.82) is 0 Å². The highest BCUT2D eigenvalue weighted by Gasteiger charge is 2.28. The number of likely N-dealkylation sites (N-methyl/N-ethyl adjacent to an activating group) is 1. The van der Waals surface area contributed by atoms with E-state index in [0.29, 0.717) is 19.4 Å². The molecule has 1 N–H and O–H groups in total. The van der Waals surface area contributed by atoms with E-state index in [1.165, 1.54) is 0 Å². The number of aryl methyl sites for hydroxylation is 3. The Morgan fingerprint density at radius 2 is 1.59 bits per heavy atom. The zero-order chi connectivity index (χ0) is 20.0. The number of hydrogen-bond acceptors (Lipinski definition) is 2. The summed E-state index contributed by atoms with van der Waals surface area (Å²) in [7, 11) is 1.62. The number of rotatable bonds is 7. The highest BCUT2D eigenvalue weighted by molar-refractivity contribution is 5.88. The summed E-state index contributed by atoms with van der Waals surface area (Å²) in [5, 5.41) is 2.70. The van der Waals surface area contributed by atoms with E-state index in [0.717, 1.165) is 27.8 Å². The van der Waals surface area contributed by atoms with E-state index in [-0.39, 0.29) is 11.8 Å². The predicted octanol–water partition coefficient (Wildman–Crippen LogP) is 3.71. The third kappa shape index (κ3) is 5.68. The van der Waals surface area contributed by atoms with Crippen LogP contribution in [0.1, 0.15) is 41.2 Å². The third-order valence-corrected chi connectivity index (χ3v) is 4.70. The average Bonchev–Trinajstić information content (AvgIpc) is 2.60. The third-order valence-electron chi connectivity index (χ3n) is 4.70. The molecule has 0 aliphatic carbocycles. The minimum Gasteiger partial charge on any atom is -0.357 e.